The topological polar surface area (TPSA) is 68.1 Å². The molecule has 8 heteroatoms. The molecule has 0 radical (unpaired) electrons. The molecule has 1 aliphatic heterocycles. The summed E-state index contributed by atoms with van der Waals surface area (Å²) in [5.41, 5.74) is 3.96. The lowest BCUT2D eigenvalue weighted by atomic mass is 10.1. The van der Waals surface area contributed by atoms with Crippen molar-refractivity contribution in [2.24, 2.45) is 4.99 Å². The first kappa shape index (κ1) is 26.7. The lowest BCUT2D eigenvalue weighted by molar-refractivity contribution is -0.138. The lowest BCUT2D eigenvalue weighted by Crippen LogP contribution is -2.12. The van der Waals surface area contributed by atoms with Gasteiger partial charge in [-0.25, -0.2) is 9.79 Å². The third kappa shape index (κ3) is 6.51. The Hall–Kier alpha value is -2.31. The quantitative estimate of drug-likeness (QED) is 0.198. The number of aryl methyl sites for hydroxylation is 1. The molecule has 4 rings (SSSR count). The van der Waals surface area contributed by atoms with E-state index < -0.39 is 5.97 Å². The SMILES string of the molecule is CCOC(=O)C1=C(O)/C(=C/c2cc(I)c(OCc3cccc(C)c3)c(I)c2)SC1=Nc1ccccc1. The molecule has 0 fully saturated rings. The zero-order valence-electron chi connectivity index (χ0n) is 19.6. The second kappa shape index (κ2) is 12.3. The molecule has 0 amide bonds. The maximum atomic E-state index is 12.6. The predicted molar refractivity (Wildman–Crippen MR) is 163 cm³/mol. The minimum Gasteiger partial charge on any atom is -0.506 e. The molecule has 1 N–H and O–H groups in total. The summed E-state index contributed by atoms with van der Waals surface area (Å²) in [6.45, 7) is 4.48. The summed E-state index contributed by atoms with van der Waals surface area (Å²) in [6.07, 6.45) is 1.85. The maximum absolute atomic E-state index is 12.6. The number of para-hydroxylation sites is 1. The predicted octanol–water partition coefficient (Wildman–Crippen LogP) is 7.98. The number of esters is 1. The average molecular weight is 723 g/mol. The Kier molecular flexibility index (Phi) is 9.13. The van der Waals surface area contributed by atoms with E-state index in [-0.39, 0.29) is 17.9 Å². The van der Waals surface area contributed by atoms with E-state index in [1.54, 1.807) is 6.92 Å². The zero-order chi connectivity index (χ0) is 25.7. The average Bonchev–Trinajstić information content (AvgIpc) is 3.13. The van der Waals surface area contributed by atoms with Gasteiger partial charge in [0, 0.05) is 0 Å². The van der Waals surface area contributed by atoms with Crippen molar-refractivity contribution in [2.45, 2.75) is 20.5 Å². The van der Waals surface area contributed by atoms with Gasteiger partial charge in [0.15, 0.2) is 0 Å². The summed E-state index contributed by atoms with van der Waals surface area (Å²) in [6, 6.07) is 21.6. The van der Waals surface area contributed by atoms with E-state index in [0.29, 0.717) is 22.2 Å². The number of carbonyl (C=O) groups excluding carboxylic acids is 1. The minimum absolute atomic E-state index is 0.0828. The van der Waals surface area contributed by atoms with Gasteiger partial charge in [0.05, 0.1) is 24.3 Å². The number of carbonyl (C=O) groups is 1. The highest BCUT2D eigenvalue weighted by Crippen LogP contribution is 2.41. The summed E-state index contributed by atoms with van der Waals surface area (Å²) in [5, 5.41) is 11.4. The number of hydrogen-bond acceptors (Lipinski definition) is 6. The van der Waals surface area contributed by atoms with Crippen molar-refractivity contribution in [3.05, 3.63) is 107 Å². The summed E-state index contributed by atoms with van der Waals surface area (Å²) >= 11 is 5.76. The molecule has 0 saturated heterocycles. The van der Waals surface area contributed by atoms with Crippen LogP contribution in [-0.2, 0) is 16.1 Å². The Morgan fingerprint density at radius 2 is 1.78 bits per heavy atom. The summed E-state index contributed by atoms with van der Waals surface area (Å²) < 4.78 is 13.2. The van der Waals surface area contributed by atoms with E-state index in [0.717, 1.165) is 24.0 Å². The second-order valence-electron chi connectivity index (χ2n) is 7.90. The van der Waals surface area contributed by atoms with Crippen LogP contribution in [0.5, 0.6) is 5.75 Å². The van der Waals surface area contributed by atoms with Gasteiger partial charge in [-0.3, -0.25) is 0 Å². The minimum atomic E-state index is -0.593. The van der Waals surface area contributed by atoms with E-state index in [1.165, 1.54) is 17.3 Å². The number of rotatable bonds is 7. The van der Waals surface area contributed by atoms with Crippen molar-refractivity contribution in [1.29, 1.82) is 0 Å². The van der Waals surface area contributed by atoms with Crippen molar-refractivity contribution < 1.29 is 19.4 Å². The first-order chi connectivity index (χ1) is 17.4. The number of nitrogens with zero attached hydrogens (tertiary/aromatic N) is 1. The molecule has 0 saturated carbocycles. The van der Waals surface area contributed by atoms with Crippen molar-refractivity contribution in [2.75, 3.05) is 6.61 Å². The molecule has 0 bridgehead atoms. The first-order valence-corrected chi connectivity index (χ1v) is 14.1. The van der Waals surface area contributed by atoms with Gasteiger partial charge in [0.2, 0.25) is 0 Å². The van der Waals surface area contributed by atoms with Crippen LogP contribution in [0.4, 0.5) is 5.69 Å². The molecule has 0 aliphatic carbocycles. The van der Waals surface area contributed by atoms with Crippen LogP contribution >= 0.6 is 56.9 Å². The fourth-order valence-corrected chi connectivity index (χ4v) is 6.68. The number of benzene rings is 3. The molecule has 1 aliphatic rings. The molecule has 36 heavy (non-hydrogen) atoms. The van der Waals surface area contributed by atoms with Crippen LogP contribution in [0, 0.1) is 14.1 Å². The second-order valence-corrected chi connectivity index (χ2v) is 11.3. The molecule has 3 aromatic carbocycles. The van der Waals surface area contributed by atoms with Crippen molar-refractivity contribution >= 4 is 79.7 Å². The van der Waals surface area contributed by atoms with Crippen LogP contribution in [0.3, 0.4) is 0 Å². The monoisotopic (exact) mass is 723 g/mol. The molecule has 1 heterocycles. The number of aliphatic imine (C=N–C) groups is 1. The summed E-state index contributed by atoms with van der Waals surface area (Å²) in [5.74, 6) is 0.0970. The smallest absolute Gasteiger partial charge is 0.344 e. The third-order valence-electron chi connectivity index (χ3n) is 5.14. The van der Waals surface area contributed by atoms with Crippen LogP contribution in [0.25, 0.3) is 6.08 Å². The van der Waals surface area contributed by atoms with Crippen molar-refractivity contribution in [3.63, 3.8) is 0 Å². The Bertz CT molecular complexity index is 1360. The Morgan fingerprint density at radius 3 is 2.44 bits per heavy atom. The van der Waals surface area contributed by atoms with E-state index >= 15 is 0 Å². The molecule has 0 spiro atoms. The molecule has 184 valence electrons. The Morgan fingerprint density at radius 1 is 1.06 bits per heavy atom. The standard InChI is InChI=1S/C28H23I2NO4S/c1-3-34-28(33)24-25(32)23(36-27(24)31-20-10-5-4-6-11-20)15-19-13-21(29)26(22(30)14-19)35-16-18-9-7-8-17(2)12-18/h4-15,32H,3,16H2,1-2H3/b23-15-,31-27?. The summed E-state index contributed by atoms with van der Waals surface area (Å²) in [4.78, 5) is 17.8. The van der Waals surface area contributed by atoms with Gasteiger partial charge in [-0.15, -0.1) is 0 Å². The van der Waals surface area contributed by atoms with Gasteiger partial charge in [-0.05, 0) is 100 Å². The number of ether oxygens (including phenoxy) is 2. The van der Waals surface area contributed by atoms with Crippen molar-refractivity contribution in [3.8, 4) is 5.75 Å². The number of aliphatic hydroxyl groups is 1. The number of hydrogen-bond donors (Lipinski definition) is 1. The highest BCUT2D eigenvalue weighted by Gasteiger charge is 2.33. The molecule has 0 atom stereocenters. The Balaban J connectivity index is 1.63. The van der Waals surface area contributed by atoms with Gasteiger partial charge < -0.3 is 14.6 Å². The summed E-state index contributed by atoms with van der Waals surface area (Å²) in [7, 11) is 0. The molecule has 0 aromatic heterocycles. The Labute approximate surface area is 242 Å². The fourth-order valence-electron chi connectivity index (χ4n) is 3.52. The van der Waals surface area contributed by atoms with E-state index in [1.807, 2.05) is 60.7 Å². The van der Waals surface area contributed by atoms with Gasteiger partial charge in [0.1, 0.15) is 28.7 Å². The molecule has 3 aromatic rings. The lowest BCUT2D eigenvalue weighted by Gasteiger charge is -2.12. The molecular formula is C28H23I2NO4S. The highest BCUT2D eigenvalue weighted by atomic mass is 127. The normalized spacial score (nSPS) is 15.6. The van der Waals surface area contributed by atoms with Crippen LogP contribution in [0.2, 0.25) is 0 Å². The fraction of sp³-hybridized carbons (Fsp3) is 0.143. The number of aliphatic hydroxyl groups excluding tert-OH is 1. The van der Waals surface area contributed by atoms with Crippen LogP contribution in [0.1, 0.15) is 23.6 Å². The van der Waals surface area contributed by atoms with E-state index in [9.17, 15) is 9.90 Å². The first-order valence-electron chi connectivity index (χ1n) is 11.2. The van der Waals surface area contributed by atoms with E-state index in [2.05, 4.69) is 69.2 Å². The van der Waals surface area contributed by atoms with Gasteiger partial charge in [0.25, 0.3) is 0 Å². The maximum Gasteiger partial charge on any atom is 0.344 e. The highest BCUT2D eigenvalue weighted by molar-refractivity contribution is 14.1. The third-order valence-corrected chi connectivity index (χ3v) is 7.76. The zero-order valence-corrected chi connectivity index (χ0v) is 24.8. The molecule has 5 nitrogen and oxygen atoms in total. The van der Waals surface area contributed by atoms with E-state index in [4.69, 9.17) is 9.47 Å². The molecular weight excluding hydrogens is 700 g/mol. The van der Waals surface area contributed by atoms with Crippen LogP contribution in [0.15, 0.2) is 88.0 Å². The van der Waals surface area contributed by atoms with Crippen LogP contribution in [-0.4, -0.2) is 22.7 Å². The van der Waals surface area contributed by atoms with Crippen LogP contribution < -0.4 is 4.74 Å². The number of halogens is 2. The van der Waals surface area contributed by atoms with Crippen molar-refractivity contribution in [1.82, 2.24) is 0 Å². The van der Waals surface area contributed by atoms with Gasteiger partial charge in [-0.2, -0.15) is 0 Å². The van der Waals surface area contributed by atoms with Gasteiger partial charge in [-0.1, -0.05) is 59.8 Å². The number of thioether (sulfide) groups is 1. The van der Waals surface area contributed by atoms with Gasteiger partial charge >= 0.3 is 5.97 Å². The largest absolute Gasteiger partial charge is 0.506 e. The molecule has 0 unspecified atom stereocenters.